The van der Waals surface area contributed by atoms with E-state index in [4.69, 9.17) is 4.74 Å². The van der Waals surface area contributed by atoms with Gasteiger partial charge in [-0.15, -0.1) is 0 Å². The highest BCUT2D eigenvalue weighted by Gasteiger charge is 2.32. The summed E-state index contributed by atoms with van der Waals surface area (Å²) >= 11 is 0. The lowest BCUT2D eigenvalue weighted by Crippen LogP contribution is -2.55. The van der Waals surface area contributed by atoms with Crippen LogP contribution in [-0.4, -0.2) is 47.4 Å². The Morgan fingerprint density at radius 3 is 3.08 bits per heavy atom. The minimum atomic E-state index is -0.583. The molecule has 1 aliphatic rings. The summed E-state index contributed by atoms with van der Waals surface area (Å²) in [7, 11) is 1.31. The van der Waals surface area contributed by atoms with Gasteiger partial charge in [0.2, 0.25) is 5.91 Å². The zero-order valence-corrected chi connectivity index (χ0v) is 13.4. The summed E-state index contributed by atoms with van der Waals surface area (Å²) in [4.78, 5) is 25.7. The van der Waals surface area contributed by atoms with E-state index in [9.17, 15) is 14.9 Å². The lowest BCUT2D eigenvalue weighted by Gasteiger charge is -2.34. The smallest absolute Gasteiger partial charge is 0.307 e. The maximum atomic E-state index is 12.1. The van der Waals surface area contributed by atoms with Crippen LogP contribution in [0.2, 0.25) is 0 Å². The molecule has 0 spiro atoms. The summed E-state index contributed by atoms with van der Waals surface area (Å²) in [6, 6.07) is 7.33. The van der Waals surface area contributed by atoms with Gasteiger partial charge in [0.05, 0.1) is 24.6 Å². The third kappa shape index (κ3) is 2.96. The van der Waals surface area contributed by atoms with Gasteiger partial charge in [0.15, 0.2) is 0 Å². The van der Waals surface area contributed by atoms with Gasteiger partial charge in [-0.3, -0.25) is 14.5 Å². The molecule has 1 amide bonds. The molecule has 1 fully saturated rings. The number of pyridine rings is 1. The molecule has 3 heterocycles. The number of hydrogen-bond donors (Lipinski definition) is 1. The normalized spacial score (nSPS) is 18.2. The van der Waals surface area contributed by atoms with Crippen molar-refractivity contribution in [1.29, 1.82) is 5.26 Å². The fourth-order valence-corrected chi connectivity index (χ4v) is 3.06. The summed E-state index contributed by atoms with van der Waals surface area (Å²) in [6.07, 6.45) is 3.78. The average molecular weight is 326 g/mol. The molecule has 1 atom stereocenters. The van der Waals surface area contributed by atoms with Gasteiger partial charge >= 0.3 is 5.97 Å². The van der Waals surface area contributed by atoms with E-state index in [-0.39, 0.29) is 12.3 Å². The van der Waals surface area contributed by atoms with E-state index >= 15 is 0 Å². The first-order chi connectivity index (χ1) is 11.6. The second-order valence-electron chi connectivity index (χ2n) is 5.69. The number of rotatable bonds is 4. The van der Waals surface area contributed by atoms with Crippen LogP contribution in [0.3, 0.4) is 0 Å². The molecule has 24 heavy (non-hydrogen) atoms. The highest BCUT2D eigenvalue weighted by atomic mass is 16.5. The Hall–Kier alpha value is -2.85. The van der Waals surface area contributed by atoms with Crippen LogP contribution in [0.5, 0.6) is 0 Å². The number of esters is 1. The van der Waals surface area contributed by atoms with Crippen LogP contribution < -0.4 is 5.32 Å². The van der Waals surface area contributed by atoms with Crippen molar-refractivity contribution in [1.82, 2.24) is 14.6 Å². The largest absolute Gasteiger partial charge is 0.469 e. The minimum Gasteiger partial charge on any atom is -0.469 e. The van der Waals surface area contributed by atoms with E-state index in [0.717, 1.165) is 11.1 Å². The van der Waals surface area contributed by atoms with Crippen LogP contribution in [0.1, 0.15) is 17.5 Å². The van der Waals surface area contributed by atoms with Crippen molar-refractivity contribution >= 4 is 17.4 Å². The van der Waals surface area contributed by atoms with E-state index in [0.29, 0.717) is 25.2 Å². The van der Waals surface area contributed by atoms with Gasteiger partial charge in [-0.1, -0.05) is 6.07 Å². The Morgan fingerprint density at radius 2 is 2.33 bits per heavy atom. The molecule has 0 bridgehead atoms. The third-order valence-electron chi connectivity index (χ3n) is 4.28. The molecule has 2 aromatic heterocycles. The van der Waals surface area contributed by atoms with Crippen LogP contribution in [0, 0.1) is 11.3 Å². The molecule has 3 rings (SSSR count). The summed E-state index contributed by atoms with van der Waals surface area (Å²) in [5.41, 5.74) is 2.27. The van der Waals surface area contributed by atoms with Crippen molar-refractivity contribution < 1.29 is 14.3 Å². The number of carbonyl (C=O) groups is 2. The molecule has 0 aromatic carbocycles. The molecule has 7 heteroatoms. The molecule has 2 aromatic rings. The number of aromatic nitrogens is 1. The Balaban J connectivity index is 1.89. The van der Waals surface area contributed by atoms with Crippen LogP contribution in [0.25, 0.3) is 5.52 Å². The zero-order valence-electron chi connectivity index (χ0n) is 13.4. The Kier molecular flexibility index (Phi) is 4.49. The number of nitrogens with one attached hydrogen (secondary N) is 1. The highest BCUT2D eigenvalue weighted by Crippen LogP contribution is 2.21. The predicted octanol–water partition coefficient (Wildman–Crippen LogP) is 0.674. The van der Waals surface area contributed by atoms with Gasteiger partial charge < -0.3 is 14.5 Å². The first-order valence-electron chi connectivity index (χ1n) is 7.71. The Morgan fingerprint density at radius 1 is 1.50 bits per heavy atom. The predicted molar refractivity (Wildman–Crippen MR) is 86.0 cm³/mol. The maximum absolute atomic E-state index is 12.1. The number of amides is 1. The third-order valence-corrected chi connectivity index (χ3v) is 4.28. The zero-order chi connectivity index (χ0) is 17.1. The van der Waals surface area contributed by atoms with Crippen molar-refractivity contribution in [2.75, 3.05) is 20.2 Å². The lowest BCUT2D eigenvalue weighted by molar-refractivity contribution is -0.146. The Bertz CT molecular complexity index is 821. The highest BCUT2D eigenvalue weighted by molar-refractivity contribution is 5.87. The second kappa shape index (κ2) is 6.72. The molecule has 0 radical (unpaired) electrons. The number of carbonyl (C=O) groups excluding carboxylic acids is 2. The van der Waals surface area contributed by atoms with Crippen molar-refractivity contribution in [2.24, 2.45) is 0 Å². The number of nitriles is 1. The Labute approximate surface area is 139 Å². The molecule has 7 nitrogen and oxygen atoms in total. The van der Waals surface area contributed by atoms with Gasteiger partial charge in [-0.25, -0.2) is 0 Å². The van der Waals surface area contributed by atoms with Crippen LogP contribution in [0.4, 0.5) is 0 Å². The van der Waals surface area contributed by atoms with E-state index in [1.165, 1.54) is 7.11 Å². The number of fused-ring (bicyclic) bond motifs is 1. The molecule has 0 unspecified atom stereocenters. The van der Waals surface area contributed by atoms with Gasteiger partial charge in [0.25, 0.3) is 0 Å². The number of hydrogen-bond acceptors (Lipinski definition) is 5. The summed E-state index contributed by atoms with van der Waals surface area (Å²) in [5.74, 6) is -0.612. The molecule has 1 saturated heterocycles. The molecule has 0 aliphatic carbocycles. The average Bonchev–Trinajstić information content (AvgIpc) is 2.94. The summed E-state index contributed by atoms with van der Waals surface area (Å²) in [5, 5.41) is 12.3. The molecule has 1 N–H and O–H groups in total. The topological polar surface area (TPSA) is 86.8 Å². The van der Waals surface area contributed by atoms with Gasteiger partial charge in [0.1, 0.15) is 12.1 Å². The van der Waals surface area contributed by atoms with E-state index in [1.807, 2.05) is 39.9 Å². The lowest BCUT2D eigenvalue weighted by atomic mass is 10.1. The molecule has 0 saturated carbocycles. The van der Waals surface area contributed by atoms with Crippen LogP contribution in [0.15, 0.2) is 30.6 Å². The summed E-state index contributed by atoms with van der Waals surface area (Å²) in [6.45, 7) is 1.57. The van der Waals surface area contributed by atoms with Crippen molar-refractivity contribution in [3.8, 4) is 6.07 Å². The molecule has 124 valence electrons. The quantitative estimate of drug-likeness (QED) is 0.835. The van der Waals surface area contributed by atoms with E-state index in [2.05, 4.69) is 11.4 Å². The van der Waals surface area contributed by atoms with Gasteiger partial charge in [-0.2, -0.15) is 5.26 Å². The standard InChI is InChI=1S/C17H18N4O3/c1-24-16(22)8-15-17(23)19-5-7-21(15)11-12-10-20-6-3-2-4-14(20)13(12)9-18/h2-4,6,10,15H,5,7-8,11H2,1H3,(H,19,23)/t15-/m1/s1. The fraction of sp³-hybridized carbons (Fsp3) is 0.353. The molecule has 1 aliphatic heterocycles. The molecular weight excluding hydrogens is 308 g/mol. The minimum absolute atomic E-state index is 0.00239. The number of nitrogens with zero attached hydrogens (tertiary/aromatic N) is 3. The van der Waals surface area contributed by atoms with Crippen molar-refractivity contribution in [3.63, 3.8) is 0 Å². The van der Waals surface area contributed by atoms with Crippen molar-refractivity contribution in [3.05, 3.63) is 41.7 Å². The van der Waals surface area contributed by atoms with Crippen LogP contribution in [-0.2, 0) is 20.9 Å². The SMILES string of the molecule is COC(=O)C[C@@H]1C(=O)NCCN1Cc1cn2ccccc2c1C#N. The summed E-state index contributed by atoms with van der Waals surface area (Å²) < 4.78 is 6.59. The monoisotopic (exact) mass is 326 g/mol. The van der Waals surface area contributed by atoms with Crippen molar-refractivity contribution in [2.45, 2.75) is 19.0 Å². The number of piperazine rings is 1. The fourth-order valence-electron chi connectivity index (χ4n) is 3.06. The van der Waals surface area contributed by atoms with Crippen LogP contribution >= 0.6 is 0 Å². The second-order valence-corrected chi connectivity index (χ2v) is 5.69. The first-order valence-corrected chi connectivity index (χ1v) is 7.71. The van der Waals surface area contributed by atoms with E-state index in [1.54, 1.807) is 0 Å². The van der Waals surface area contributed by atoms with Gasteiger partial charge in [-0.05, 0) is 12.1 Å². The first kappa shape index (κ1) is 16.0. The number of methoxy groups -OCH3 is 1. The number of ether oxygens (including phenoxy) is 1. The van der Waals surface area contributed by atoms with E-state index < -0.39 is 12.0 Å². The maximum Gasteiger partial charge on any atom is 0.307 e. The van der Waals surface area contributed by atoms with Gasteiger partial charge in [0, 0.05) is 37.6 Å². The molecular formula is C17H18N4O3.